The Balaban J connectivity index is 2.19. The van der Waals surface area contributed by atoms with Crippen molar-refractivity contribution in [1.82, 2.24) is 9.97 Å². The Morgan fingerprint density at radius 3 is 2.50 bits per heavy atom. The molecule has 4 nitrogen and oxygen atoms in total. The maximum atomic E-state index is 12.8. The highest BCUT2D eigenvalue weighted by atomic mass is 19.4. The van der Waals surface area contributed by atoms with Crippen LogP contribution in [0.25, 0.3) is 0 Å². The first-order chi connectivity index (χ1) is 8.36. The molecule has 0 saturated heterocycles. The van der Waals surface area contributed by atoms with Crippen LogP contribution in [0.5, 0.6) is 0 Å². The summed E-state index contributed by atoms with van der Waals surface area (Å²) in [6, 6.07) is 1.52. The first kappa shape index (κ1) is 12.9. The summed E-state index contributed by atoms with van der Waals surface area (Å²) in [5, 5.41) is 5.38. The zero-order chi connectivity index (χ0) is 13.4. The molecule has 18 heavy (non-hydrogen) atoms. The molecule has 0 bridgehead atoms. The van der Waals surface area contributed by atoms with Gasteiger partial charge in [-0.2, -0.15) is 18.2 Å². The summed E-state index contributed by atoms with van der Waals surface area (Å²) in [5.74, 6) is 0.561. The van der Waals surface area contributed by atoms with E-state index in [1.165, 1.54) is 6.07 Å². The molecule has 0 spiro atoms. The summed E-state index contributed by atoms with van der Waals surface area (Å²) in [6.45, 7) is 4.21. The van der Waals surface area contributed by atoms with E-state index in [-0.39, 0.29) is 18.7 Å². The summed E-state index contributed by atoms with van der Waals surface area (Å²) in [7, 11) is 0. The molecule has 1 aromatic heterocycles. The summed E-state index contributed by atoms with van der Waals surface area (Å²) < 4.78 is 38.4. The normalized spacial score (nSPS) is 17.4. The van der Waals surface area contributed by atoms with Crippen LogP contribution in [0.2, 0.25) is 0 Å². The number of hydrogen-bond donors (Lipinski definition) is 2. The smallest absolute Gasteiger partial charge is 0.356 e. The van der Waals surface area contributed by atoms with E-state index >= 15 is 0 Å². The molecule has 1 aliphatic rings. The van der Waals surface area contributed by atoms with Crippen molar-refractivity contribution in [3.05, 3.63) is 11.8 Å². The van der Waals surface area contributed by atoms with Gasteiger partial charge in [-0.25, -0.2) is 4.98 Å². The number of nitrogens with zero attached hydrogens (tertiary/aromatic N) is 2. The molecular weight excluding hydrogens is 245 g/mol. The Morgan fingerprint density at radius 1 is 1.33 bits per heavy atom. The highest BCUT2D eigenvalue weighted by molar-refractivity contribution is 5.46. The van der Waals surface area contributed by atoms with Crippen LogP contribution >= 0.6 is 0 Å². The van der Waals surface area contributed by atoms with E-state index in [1.54, 1.807) is 6.92 Å². The number of nitrogens with one attached hydrogen (secondary N) is 2. The van der Waals surface area contributed by atoms with Gasteiger partial charge in [0.25, 0.3) is 0 Å². The van der Waals surface area contributed by atoms with Gasteiger partial charge in [0, 0.05) is 18.3 Å². The molecule has 0 amide bonds. The maximum absolute atomic E-state index is 12.8. The minimum atomic E-state index is -4.25. The molecule has 0 aromatic carbocycles. The Labute approximate surface area is 103 Å². The van der Waals surface area contributed by atoms with Crippen LogP contribution in [-0.2, 0) is 0 Å². The minimum absolute atomic E-state index is 0.0933. The zero-order valence-electron chi connectivity index (χ0n) is 10.2. The standard InChI is InChI=1S/C11H15F3N4/c1-3-15-9-16-7(2)6-8(17-9)18-10(4-5-10)11(12,13)14/h6H,3-5H2,1-2H3,(H2,15,16,17,18). The molecule has 1 aliphatic carbocycles. The van der Waals surface area contributed by atoms with Gasteiger partial charge < -0.3 is 10.6 Å². The van der Waals surface area contributed by atoms with Gasteiger partial charge >= 0.3 is 6.18 Å². The lowest BCUT2D eigenvalue weighted by Gasteiger charge is -2.21. The molecule has 7 heteroatoms. The third kappa shape index (κ3) is 2.49. The van der Waals surface area contributed by atoms with E-state index in [0.29, 0.717) is 18.2 Å². The number of rotatable bonds is 4. The molecule has 0 aliphatic heterocycles. The number of aromatic nitrogens is 2. The third-order valence-corrected chi connectivity index (χ3v) is 2.85. The molecule has 2 N–H and O–H groups in total. The van der Waals surface area contributed by atoms with Crippen LogP contribution in [0, 0.1) is 6.92 Å². The zero-order valence-corrected chi connectivity index (χ0v) is 10.2. The van der Waals surface area contributed by atoms with Gasteiger partial charge in [-0.3, -0.25) is 0 Å². The average molecular weight is 260 g/mol. The maximum Gasteiger partial charge on any atom is 0.411 e. The van der Waals surface area contributed by atoms with E-state index in [1.807, 2.05) is 6.92 Å². The first-order valence-electron chi connectivity index (χ1n) is 5.81. The number of alkyl halides is 3. The van der Waals surface area contributed by atoms with Gasteiger partial charge in [0.05, 0.1) is 0 Å². The minimum Gasteiger partial charge on any atom is -0.356 e. The van der Waals surface area contributed by atoms with Crippen LogP contribution in [0.15, 0.2) is 6.07 Å². The van der Waals surface area contributed by atoms with Crippen molar-refractivity contribution in [2.75, 3.05) is 17.2 Å². The molecule has 1 saturated carbocycles. The quantitative estimate of drug-likeness (QED) is 0.874. The fraction of sp³-hybridized carbons (Fsp3) is 0.636. The summed E-state index contributed by atoms with van der Waals surface area (Å²) in [6.07, 6.45) is -4.06. The molecule has 1 aromatic rings. The highest BCUT2D eigenvalue weighted by Crippen LogP contribution is 2.50. The van der Waals surface area contributed by atoms with Crippen LogP contribution in [0.3, 0.4) is 0 Å². The molecule has 0 radical (unpaired) electrons. The van der Waals surface area contributed by atoms with Gasteiger partial charge in [-0.1, -0.05) is 0 Å². The van der Waals surface area contributed by atoms with Crippen molar-refractivity contribution in [3.63, 3.8) is 0 Å². The highest BCUT2D eigenvalue weighted by Gasteiger charge is 2.63. The summed E-state index contributed by atoms with van der Waals surface area (Å²) in [5.41, 5.74) is -1.17. The van der Waals surface area contributed by atoms with E-state index in [2.05, 4.69) is 20.6 Å². The second-order valence-corrected chi connectivity index (χ2v) is 4.45. The Kier molecular flexibility index (Phi) is 3.08. The predicted molar refractivity (Wildman–Crippen MR) is 62.6 cm³/mol. The van der Waals surface area contributed by atoms with E-state index in [9.17, 15) is 13.2 Å². The molecule has 100 valence electrons. The fourth-order valence-electron chi connectivity index (χ4n) is 1.72. The van der Waals surface area contributed by atoms with E-state index < -0.39 is 11.7 Å². The molecule has 1 fully saturated rings. The van der Waals surface area contributed by atoms with Crippen LogP contribution in [0.1, 0.15) is 25.5 Å². The lowest BCUT2D eigenvalue weighted by molar-refractivity contribution is -0.151. The van der Waals surface area contributed by atoms with Gasteiger partial charge in [0.2, 0.25) is 5.95 Å². The largest absolute Gasteiger partial charge is 0.411 e. The average Bonchev–Trinajstić information content (AvgIpc) is 2.97. The van der Waals surface area contributed by atoms with Crippen molar-refractivity contribution in [1.29, 1.82) is 0 Å². The van der Waals surface area contributed by atoms with Crippen molar-refractivity contribution >= 4 is 11.8 Å². The summed E-state index contributed by atoms with van der Waals surface area (Å²) >= 11 is 0. The van der Waals surface area contributed by atoms with E-state index in [4.69, 9.17) is 0 Å². The summed E-state index contributed by atoms with van der Waals surface area (Å²) in [4.78, 5) is 8.12. The molecule has 0 unspecified atom stereocenters. The topological polar surface area (TPSA) is 49.8 Å². The van der Waals surface area contributed by atoms with Crippen LogP contribution in [0.4, 0.5) is 24.9 Å². The predicted octanol–water partition coefficient (Wildman–Crippen LogP) is 2.72. The van der Waals surface area contributed by atoms with Gasteiger partial charge in [-0.05, 0) is 26.7 Å². The van der Waals surface area contributed by atoms with Crippen LogP contribution in [-0.4, -0.2) is 28.2 Å². The Bertz CT molecular complexity index is 440. The van der Waals surface area contributed by atoms with Crippen molar-refractivity contribution < 1.29 is 13.2 Å². The number of aryl methyl sites for hydroxylation is 1. The molecule has 1 heterocycles. The van der Waals surface area contributed by atoms with Gasteiger partial charge in [0.15, 0.2) is 0 Å². The van der Waals surface area contributed by atoms with Crippen molar-refractivity contribution in [2.45, 2.75) is 38.4 Å². The number of halogens is 3. The Morgan fingerprint density at radius 2 is 2.00 bits per heavy atom. The number of hydrogen-bond acceptors (Lipinski definition) is 4. The first-order valence-corrected chi connectivity index (χ1v) is 5.81. The van der Waals surface area contributed by atoms with Gasteiger partial charge in [0.1, 0.15) is 11.4 Å². The fourth-order valence-corrected chi connectivity index (χ4v) is 1.72. The third-order valence-electron chi connectivity index (χ3n) is 2.85. The molecule has 0 atom stereocenters. The second-order valence-electron chi connectivity index (χ2n) is 4.45. The van der Waals surface area contributed by atoms with Crippen LogP contribution < -0.4 is 10.6 Å². The van der Waals surface area contributed by atoms with Gasteiger partial charge in [-0.15, -0.1) is 0 Å². The molecular formula is C11H15F3N4. The lowest BCUT2D eigenvalue weighted by atomic mass is 10.2. The number of anilines is 2. The monoisotopic (exact) mass is 260 g/mol. The Hall–Kier alpha value is -1.53. The SMILES string of the molecule is CCNc1nc(C)cc(NC2(C(F)(F)F)CC2)n1. The second kappa shape index (κ2) is 4.29. The van der Waals surface area contributed by atoms with Crippen molar-refractivity contribution in [3.8, 4) is 0 Å². The molecule has 2 rings (SSSR count). The lowest BCUT2D eigenvalue weighted by Crippen LogP contribution is -2.39. The van der Waals surface area contributed by atoms with E-state index in [0.717, 1.165) is 0 Å². The van der Waals surface area contributed by atoms with Crippen molar-refractivity contribution in [2.24, 2.45) is 0 Å².